The van der Waals surface area contributed by atoms with Crippen molar-refractivity contribution in [2.45, 2.75) is 26.2 Å². The zero-order chi connectivity index (χ0) is 16.9. The monoisotopic (exact) mass is 318 g/mol. The number of hydrogen-bond donors (Lipinski definition) is 1. The molecule has 1 aliphatic heterocycles. The van der Waals surface area contributed by atoms with Gasteiger partial charge in [0.15, 0.2) is 0 Å². The van der Waals surface area contributed by atoms with Crippen LogP contribution < -0.4 is 0 Å². The maximum atomic E-state index is 12.4. The molecule has 1 heterocycles. The predicted molar refractivity (Wildman–Crippen MR) is 89.0 cm³/mol. The summed E-state index contributed by atoms with van der Waals surface area (Å²) in [6.07, 6.45) is 2.57. The third-order valence-electron chi connectivity index (χ3n) is 5.00. The molecule has 1 aliphatic rings. The van der Waals surface area contributed by atoms with E-state index in [1.807, 2.05) is 18.2 Å². The SMILES string of the molecule is CCC1(CO)CCN(C(=O)CN(C)C(=O)c2ccccc2)CC1. The van der Waals surface area contributed by atoms with Crippen molar-refractivity contribution in [3.05, 3.63) is 35.9 Å². The van der Waals surface area contributed by atoms with Gasteiger partial charge in [-0.2, -0.15) is 0 Å². The molecule has 2 amide bonds. The molecule has 0 spiro atoms. The van der Waals surface area contributed by atoms with Crippen molar-refractivity contribution in [2.75, 3.05) is 33.3 Å². The van der Waals surface area contributed by atoms with E-state index in [9.17, 15) is 14.7 Å². The maximum absolute atomic E-state index is 12.4. The lowest BCUT2D eigenvalue weighted by Crippen LogP contribution is -2.48. The third kappa shape index (κ3) is 4.10. The van der Waals surface area contributed by atoms with Crippen LogP contribution in [0.2, 0.25) is 0 Å². The van der Waals surface area contributed by atoms with E-state index >= 15 is 0 Å². The van der Waals surface area contributed by atoms with Crippen molar-refractivity contribution >= 4 is 11.8 Å². The number of likely N-dealkylation sites (N-methyl/N-ethyl adjacent to an activating group) is 1. The molecule has 1 aromatic carbocycles. The van der Waals surface area contributed by atoms with E-state index < -0.39 is 0 Å². The minimum absolute atomic E-state index is 0.0283. The van der Waals surface area contributed by atoms with E-state index in [-0.39, 0.29) is 30.4 Å². The van der Waals surface area contributed by atoms with Crippen molar-refractivity contribution in [1.82, 2.24) is 9.80 Å². The standard InChI is InChI=1S/C18H26N2O3/c1-3-18(14-21)9-11-20(12-10-18)16(22)13-19(2)17(23)15-7-5-4-6-8-15/h4-8,21H,3,9-14H2,1-2H3. The Kier molecular flexibility index (Phi) is 5.77. The lowest BCUT2D eigenvalue weighted by atomic mass is 9.77. The van der Waals surface area contributed by atoms with Crippen LogP contribution in [0.25, 0.3) is 0 Å². The highest BCUT2D eigenvalue weighted by Gasteiger charge is 2.34. The molecule has 0 bridgehead atoms. The van der Waals surface area contributed by atoms with Crippen molar-refractivity contribution in [3.8, 4) is 0 Å². The number of benzene rings is 1. The fourth-order valence-corrected chi connectivity index (χ4v) is 3.03. The minimum atomic E-state index is -0.144. The summed E-state index contributed by atoms with van der Waals surface area (Å²) in [5.74, 6) is -0.173. The molecule has 0 radical (unpaired) electrons. The smallest absolute Gasteiger partial charge is 0.254 e. The molecule has 1 saturated heterocycles. The summed E-state index contributed by atoms with van der Waals surface area (Å²) in [5.41, 5.74) is 0.550. The van der Waals surface area contributed by atoms with Crippen LogP contribution in [0, 0.1) is 5.41 Å². The number of carbonyl (C=O) groups is 2. The van der Waals surface area contributed by atoms with Crippen molar-refractivity contribution in [1.29, 1.82) is 0 Å². The molecule has 0 saturated carbocycles. The number of rotatable bonds is 5. The van der Waals surface area contributed by atoms with Crippen LogP contribution in [-0.2, 0) is 4.79 Å². The molecule has 0 aromatic heterocycles. The molecule has 126 valence electrons. The van der Waals surface area contributed by atoms with Crippen LogP contribution in [-0.4, -0.2) is 60.0 Å². The van der Waals surface area contributed by atoms with E-state index in [0.29, 0.717) is 18.7 Å². The summed E-state index contributed by atoms with van der Waals surface area (Å²) in [7, 11) is 1.65. The number of aliphatic hydroxyl groups excluding tert-OH is 1. The van der Waals surface area contributed by atoms with Gasteiger partial charge in [-0.15, -0.1) is 0 Å². The van der Waals surface area contributed by atoms with E-state index in [4.69, 9.17) is 0 Å². The van der Waals surface area contributed by atoms with Crippen LogP contribution >= 0.6 is 0 Å². The first kappa shape index (κ1) is 17.5. The van der Waals surface area contributed by atoms with Gasteiger partial charge in [0.1, 0.15) is 0 Å². The molecule has 1 fully saturated rings. The average Bonchev–Trinajstić information content (AvgIpc) is 2.61. The Bertz CT molecular complexity index is 530. The average molecular weight is 318 g/mol. The zero-order valence-electron chi connectivity index (χ0n) is 14.0. The normalized spacial score (nSPS) is 16.9. The molecule has 0 unspecified atom stereocenters. The van der Waals surface area contributed by atoms with Crippen LogP contribution in [0.4, 0.5) is 0 Å². The first-order valence-corrected chi connectivity index (χ1v) is 8.20. The van der Waals surface area contributed by atoms with Gasteiger partial charge in [-0.05, 0) is 36.8 Å². The second kappa shape index (κ2) is 7.59. The fourth-order valence-electron chi connectivity index (χ4n) is 3.03. The Morgan fingerprint density at radius 1 is 1.22 bits per heavy atom. The second-order valence-electron chi connectivity index (χ2n) is 6.42. The van der Waals surface area contributed by atoms with E-state index in [1.54, 1.807) is 24.1 Å². The minimum Gasteiger partial charge on any atom is -0.396 e. The largest absolute Gasteiger partial charge is 0.396 e. The molecule has 0 aliphatic carbocycles. The third-order valence-corrected chi connectivity index (χ3v) is 5.00. The number of amides is 2. The van der Waals surface area contributed by atoms with Crippen LogP contribution in [0.15, 0.2) is 30.3 Å². The molecule has 0 atom stereocenters. The van der Waals surface area contributed by atoms with Crippen molar-refractivity contribution < 1.29 is 14.7 Å². The number of carbonyl (C=O) groups excluding carboxylic acids is 2. The van der Waals surface area contributed by atoms with E-state index in [1.165, 1.54) is 4.90 Å². The first-order chi connectivity index (χ1) is 11.0. The van der Waals surface area contributed by atoms with Gasteiger partial charge in [0, 0.05) is 32.3 Å². The molecular formula is C18H26N2O3. The van der Waals surface area contributed by atoms with Crippen LogP contribution in [0.1, 0.15) is 36.5 Å². The molecule has 23 heavy (non-hydrogen) atoms. The molecule has 1 aromatic rings. The molecule has 1 N–H and O–H groups in total. The van der Waals surface area contributed by atoms with Crippen LogP contribution in [0.3, 0.4) is 0 Å². The zero-order valence-corrected chi connectivity index (χ0v) is 14.0. The van der Waals surface area contributed by atoms with Crippen LogP contribution in [0.5, 0.6) is 0 Å². The summed E-state index contributed by atoms with van der Waals surface area (Å²) in [5, 5.41) is 9.55. The highest BCUT2D eigenvalue weighted by atomic mass is 16.3. The number of hydrogen-bond acceptors (Lipinski definition) is 3. The van der Waals surface area contributed by atoms with Gasteiger partial charge in [0.25, 0.3) is 5.91 Å². The lowest BCUT2D eigenvalue weighted by Gasteiger charge is -2.40. The highest BCUT2D eigenvalue weighted by Crippen LogP contribution is 2.34. The van der Waals surface area contributed by atoms with Gasteiger partial charge < -0.3 is 14.9 Å². The molecule has 5 nitrogen and oxygen atoms in total. The Balaban J connectivity index is 1.89. The summed E-state index contributed by atoms with van der Waals surface area (Å²) < 4.78 is 0. The van der Waals surface area contributed by atoms with Gasteiger partial charge in [-0.1, -0.05) is 25.1 Å². The predicted octanol–water partition coefficient (Wildman–Crippen LogP) is 1.77. The number of nitrogens with zero attached hydrogens (tertiary/aromatic N) is 2. The van der Waals surface area contributed by atoms with Gasteiger partial charge in [0.2, 0.25) is 5.91 Å². The van der Waals surface area contributed by atoms with Crippen molar-refractivity contribution in [2.24, 2.45) is 5.41 Å². The number of piperidine rings is 1. The summed E-state index contributed by atoms with van der Waals surface area (Å²) >= 11 is 0. The number of likely N-dealkylation sites (tertiary alicyclic amines) is 1. The fraction of sp³-hybridized carbons (Fsp3) is 0.556. The topological polar surface area (TPSA) is 60.9 Å². The Morgan fingerprint density at radius 2 is 1.83 bits per heavy atom. The number of aliphatic hydroxyl groups is 1. The van der Waals surface area contributed by atoms with E-state index in [0.717, 1.165) is 19.3 Å². The molecule has 5 heteroatoms. The van der Waals surface area contributed by atoms with Gasteiger partial charge in [-0.3, -0.25) is 9.59 Å². The quantitative estimate of drug-likeness (QED) is 0.900. The molecular weight excluding hydrogens is 292 g/mol. The highest BCUT2D eigenvalue weighted by molar-refractivity contribution is 5.96. The Morgan fingerprint density at radius 3 is 2.35 bits per heavy atom. The first-order valence-electron chi connectivity index (χ1n) is 8.20. The second-order valence-corrected chi connectivity index (χ2v) is 6.42. The Labute approximate surface area is 137 Å². The van der Waals surface area contributed by atoms with Crippen molar-refractivity contribution in [3.63, 3.8) is 0 Å². The van der Waals surface area contributed by atoms with Gasteiger partial charge in [0.05, 0.1) is 6.54 Å². The van der Waals surface area contributed by atoms with Gasteiger partial charge >= 0.3 is 0 Å². The van der Waals surface area contributed by atoms with E-state index in [2.05, 4.69) is 6.92 Å². The Hall–Kier alpha value is -1.88. The summed E-state index contributed by atoms with van der Waals surface area (Å²) in [6, 6.07) is 8.98. The lowest BCUT2D eigenvalue weighted by molar-refractivity contribution is -0.134. The molecule has 2 rings (SSSR count). The maximum Gasteiger partial charge on any atom is 0.254 e. The summed E-state index contributed by atoms with van der Waals surface area (Å²) in [4.78, 5) is 27.9. The summed E-state index contributed by atoms with van der Waals surface area (Å²) in [6.45, 7) is 3.66. The van der Waals surface area contributed by atoms with Gasteiger partial charge in [-0.25, -0.2) is 0 Å².